The van der Waals surface area contributed by atoms with Gasteiger partial charge in [-0.15, -0.1) is 0 Å². The zero-order valence-corrected chi connectivity index (χ0v) is 16.4. The molecule has 0 heterocycles. The molecule has 1 unspecified atom stereocenters. The molecule has 0 saturated heterocycles. The third kappa shape index (κ3) is 5.10. The van der Waals surface area contributed by atoms with Crippen LogP contribution in [0.2, 0.25) is 0 Å². The van der Waals surface area contributed by atoms with Crippen LogP contribution in [-0.2, 0) is 14.3 Å². The molecule has 1 N–H and O–H groups in total. The van der Waals surface area contributed by atoms with Gasteiger partial charge in [0.05, 0.1) is 6.61 Å². The Labute approximate surface area is 165 Å². The summed E-state index contributed by atoms with van der Waals surface area (Å²) in [7, 11) is 0. The van der Waals surface area contributed by atoms with Crippen molar-refractivity contribution in [3.05, 3.63) is 65.8 Å². The minimum absolute atomic E-state index is 0.102. The lowest BCUT2D eigenvalue weighted by molar-refractivity contribution is -0.138. The zero-order chi connectivity index (χ0) is 20.5. The molecule has 1 atom stereocenters. The Balaban J connectivity index is 2.15. The van der Waals surface area contributed by atoms with Gasteiger partial charge in [-0.3, -0.25) is 9.69 Å². The molecule has 0 aliphatic heterocycles. The van der Waals surface area contributed by atoms with Crippen LogP contribution in [0, 0.1) is 0 Å². The standard InChI is InChI=1S/C22H27NO5/c1-4-9-17-16(5-2)20(19-11-8-7-10-18(17)19)15-28-22(26)23(14-21(24)25)12-13-27-6-3/h4-5,7-11,20H,1,6,12-15H2,2-3H3,(H,24,25)/b16-5+,17-9?. The number of hydrogen-bond acceptors (Lipinski definition) is 4. The summed E-state index contributed by atoms with van der Waals surface area (Å²) in [5, 5.41) is 9.06. The molecule has 0 spiro atoms. The highest BCUT2D eigenvalue weighted by molar-refractivity contribution is 5.88. The van der Waals surface area contributed by atoms with Crippen LogP contribution in [0.25, 0.3) is 5.57 Å². The Hall–Kier alpha value is -2.86. The number of benzene rings is 1. The first kappa shape index (κ1) is 21.4. The minimum atomic E-state index is -1.09. The summed E-state index contributed by atoms with van der Waals surface area (Å²) < 4.78 is 10.7. The summed E-state index contributed by atoms with van der Waals surface area (Å²) in [6.07, 6.45) is 5.05. The summed E-state index contributed by atoms with van der Waals surface area (Å²) >= 11 is 0. The van der Waals surface area contributed by atoms with Gasteiger partial charge in [0.1, 0.15) is 13.2 Å². The minimum Gasteiger partial charge on any atom is -0.480 e. The Kier molecular flexibility index (Phi) is 8.02. The summed E-state index contributed by atoms with van der Waals surface area (Å²) in [5.41, 5.74) is 4.30. The first-order chi connectivity index (χ1) is 13.5. The second-order valence-corrected chi connectivity index (χ2v) is 6.29. The number of allylic oxidation sites excluding steroid dienone is 4. The van der Waals surface area contributed by atoms with Gasteiger partial charge in [-0.1, -0.05) is 49.1 Å². The molecule has 0 fully saturated rings. The lowest BCUT2D eigenvalue weighted by Gasteiger charge is -2.22. The summed E-state index contributed by atoms with van der Waals surface area (Å²) in [4.78, 5) is 24.7. The fourth-order valence-electron chi connectivity index (χ4n) is 3.36. The SMILES string of the molecule is C=CC=C1/C(=C\C)C(COC(=O)N(CCOCC)CC(=O)O)c2ccccc21. The monoisotopic (exact) mass is 385 g/mol. The van der Waals surface area contributed by atoms with Gasteiger partial charge in [-0.25, -0.2) is 4.79 Å². The Morgan fingerprint density at radius 1 is 1.32 bits per heavy atom. The number of carbonyl (C=O) groups excluding carboxylic acids is 1. The number of carboxylic acid groups (broad SMARTS) is 1. The van der Waals surface area contributed by atoms with Gasteiger partial charge < -0.3 is 14.6 Å². The molecular formula is C22H27NO5. The highest BCUT2D eigenvalue weighted by Gasteiger charge is 2.32. The number of aliphatic carboxylic acids is 1. The molecule has 6 heteroatoms. The van der Waals surface area contributed by atoms with Gasteiger partial charge in [0, 0.05) is 19.1 Å². The number of amides is 1. The Morgan fingerprint density at radius 3 is 2.71 bits per heavy atom. The number of ether oxygens (including phenoxy) is 2. The smallest absolute Gasteiger partial charge is 0.410 e. The molecule has 150 valence electrons. The topological polar surface area (TPSA) is 76.1 Å². The first-order valence-electron chi connectivity index (χ1n) is 9.33. The zero-order valence-electron chi connectivity index (χ0n) is 16.4. The van der Waals surface area contributed by atoms with E-state index in [2.05, 4.69) is 6.58 Å². The molecule has 0 saturated carbocycles. The largest absolute Gasteiger partial charge is 0.480 e. The van der Waals surface area contributed by atoms with Crippen molar-refractivity contribution in [2.45, 2.75) is 19.8 Å². The van der Waals surface area contributed by atoms with Crippen molar-refractivity contribution in [2.75, 3.05) is 32.9 Å². The fraction of sp³-hybridized carbons (Fsp3) is 0.364. The highest BCUT2D eigenvalue weighted by atomic mass is 16.6. The van der Waals surface area contributed by atoms with E-state index in [0.717, 1.165) is 27.2 Å². The van der Waals surface area contributed by atoms with E-state index in [0.29, 0.717) is 6.61 Å². The summed E-state index contributed by atoms with van der Waals surface area (Å²) in [5.74, 6) is -1.19. The quantitative estimate of drug-likeness (QED) is 0.653. The van der Waals surface area contributed by atoms with Crippen LogP contribution in [-0.4, -0.2) is 55.0 Å². The molecule has 28 heavy (non-hydrogen) atoms. The molecule has 1 aromatic carbocycles. The average Bonchev–Trinajstić information content (AvgIpc) is 2.98. The normalized spacial score (nSPS) is 18.1. The second-order valence-electron chi connectivity index (χ2n) is 6.29. The van der Waals surface area contributed by atoms with Gasteiger partial charge in [0.15, 0.2) is 0 Å². The van der Waals surface area contributed by atoms with Crippen LogP contribution in [0.5, 0.6) is 0 Å². The van der Waals surface area contributed by atoms with E-state index in [-0.39, 0.29) is 25.7 Å². The molecule has 1 aliphatic carbocycles. The predicted octanol–water partition coefficient (Wildman–Crippen LogP) is 3.86. The number of hydrogen-bond donors (Lipinski definition) is 1. The number of carboxylic acids is 1. The van der Waals surface area contributed by atoms with E-state index in [1.807, 2.05) is 50.3 Å². The maximum atomic E-state index is 12.5. The molecule has 2 rings (SSSR count). The van der Waals surface area contributed by atoms with Crippen LogP contribution < -0.4 is 0 Å². The van der Waals surface area contributed by atoms with Crippen molar-refractivity contribution < 1.29 is 24.2 Å². The lowest BCUT2D eigenvalue weighted by atomic mass is 9.97. The van der Waals surface area contributed by atoms with Crippen molar-refractivity contribution in [2.24, 2.45) is 0 Å². The summed E-state index contributed by atoms with van der Waals surface area (Å²) in [6, 6.07) is 7.98. The van der Waals surface area contributed by atoms with Crippen molar-refractivity contribution in [3.8, 4) is 0 Å². The van der Waals surface area contributed by atoms with Crippen molar-refractivity contribution in [1.29, 1.82) is 0 Å². The van der Waals surface area contributed by atoms with Crippen LogP contribution in [0.15, 0.2) is 54.6 Å². The summed E-state index contributed by atoms with van der Waals surface area (Å²) in [6.45, 7) is 8.21. The van der Waals surface area contributed by atoms with Gasteiger partial charge in [-0.05, 0) is 36.1 Å². The Morgan fingerprint density at radius 2 is 2.07 bits per heavy atom. The molecule has 0 bridgehead atoms. The third-order valence-electron chi connectivity index (χ3n) is 4.58. The fourth-order valence-corrected chi connectivity index (χ4v) is 3.36. The van der Waals surface area contributed by atoms with E-state index in [1.165, 1.54) is 0 Å². The van der Waals surface area contributed by atoms with Crippen LogP contribution >= 0.6 is 0 Å². The van der Waals surface area contributed by atoms with Gasteiger partial charge in [-0.2, -0.15) is 0 Å². The second kappa shape index (κ2) is 10.5. The average molecular weight is 385 g/mol. The molecule has 1 amide bonds. The molecule has 0 aromatic heterocycles. The number of carbonyl (C=O) groups is 2. The first-order valence-corrected chi connectivity index (χ1v) is 9.33. The van der Waals surface area contributed by atoms with Crippen molar-refractivity contribution >= 4 is 17.6 Å². The van der Waals surface area contributed by atoms with E-state index >= 15 is 0 Å². The molecule has 1 aromatic rings. The third-order valence-corrected chi connectivity index (χ3v) is 4.58. The van der Waals surface area contributed by atoms with Gasteiger partial charge in [0.25, 0.3) is 0 Å². The molecule has 1 aliphatic rings. The molecule has 6 nitrogen and oxygen atoms in total. The van der Waals surface area contributed by atoms with Gasteiger partial charge in [0.2, 0.25) is 0 Å². The van der Waals surface area contributed by atoms with Crippen LogP contribution in [0.4, 0.5) is 4.79 Å². The highest BCUT2D eigenvalue weighted by Crippen LogP contribution is 2.45. The van der Waals surface area contributed by atoms with Crippen LogP contribution in [0.1, 0.15) is 30.9 Å². The lowest BCUT2D eigenvalue weighted by Crippen LogP contribution is -2.39. The van der Waals surface area contributed by atoms with Gasteiger partial charge >= 0.3 is 12.1 Å². The number of nitrogens with zero attached hydrogens (tertiary/aromatic N) is 1. The molecule has 0 radical (unpaired) electrons. The van der Waals surface area contributed by atoms with Crippen molar-refractivity contribution in [1.82, 2.24) is 4.90 Å². The maximum Gasteiger partial charge on any atom is 0.410 e. The molecular weight excluding hydrogens is 358 g/mol. The van der Waals surface area contributed by atoms with Crippen molar-refractivity contribution in [3.63, 3.8) is 0 Å². The van der Waals surface area contributed by atoms with Crippen LogP contribution in [0.3, 0.4) is 0 Å². The Bertz CT molecular complexity index is 781. The van der Waals surface area contributed by atoms with E-state index < -0.39 is 18.6 Å². The van der Waals surface area contributed by atoms with E-state index in [9.17, 15) is 9.59 Å². The maximum absolute atomic E-state index is 12.5. The predicted molar refractivity (Wildman–Crippen MR) is 108 cm³/mol. The number of fused-ring (bicyclic) bond motifs is 1. The van der Waals surface area contributed by atoms with E-state index in [4.69, 9.17) is 14.6 Å². The number of rotatable bonds is 9. The van der Waals surface area contributed by atoms with E-state index in [1.54, 1.807) is 6.08 Å².